The van der Waals surface area contributed by atoms with Crippen LogP contribution in [0.5, 0.6) is 17.2 Å². The van der Waals surface area contributed by atoms with Crippen molar-refractivity contribution in [3.63, 3.8) is 0 Å². The molecule has 0 radical (unpaired) electrons. The molecule has 36 heavy (non-hydrogen) atoms. The topological polar surface area (TPSA) is 123 Å². The first kappa shape index (κ1) is 26.2. The van der Waals surface area contributed by atoms with Gasteiger partial charge in [0.05, 0.1) is 17.0 Å². The van der Waals surface area contributed by atoms with E-state index in [0.29, 0.717) is 17.9 Å². The smallest absolute Gasteiger partial charge is 0.321 e. The van der Waals surface area contributed by atoms with Gasteiger partial charge in [-0.05, 0) is 93.1 Å². The van der Waals surface area contributed by atoms with Crippen LogP contribution in [0.4, 0.5) is 4.79 Å². The number of amides is 3. The van der Waals surface area contributed by atoms with Gasteiger partial charge in [0.15, 0.2) is 14.6 Å². The fraction of sp³-hybridized carbons (Fsp3) is 0.440. The van der Waals surface area contributed by atoms with Gasteiger partial charge in [-0.1, -0.05) is 11.6 Å². The van der Waals surface area contributed by atoms with Crippen molar-refractivity contribution in [2.45, 2.75) is 41.7 Å². The molecule has 1 atom stereocenters. The maximum Gasteiger partial charge on any atom is 0.321 e. The van der Waals surface area contributed by atoms with Gasteiger partial charge in [0.2, 0.25) is 5.91 Å². The van der Waals surface area contributed by atoms with E-state index in [1.165, 1.54) is 25.2 Å². The lowest BCUT2D eigenvalue weighted by molar-refractivity contribution is -0.122. The van der Waals surface area contributed by atoms with Crippen LogP contribution in [0.1, 0.15) is 32.1 Å². The highest BCUT2D eigenvalue weighted by atomic mass is 35.5. The number of carbonyl (C=O) groups excluding carboxylic acids is 2. The van der Waals surface area contributed by atoms with Crippen molar-refractivity contribution in [3.8, 4) is 17.2 Å². The third kappa shape index (κ3) is 4.89. The van der Waals surface area contributed by atoms with E-state index < -0.39 is 26.5 Å². The first-order valence-electron chi connectivity index (χ1n) is 11.7. The van der Waals surface area contributed by atoms with Gasteiger partial charge in [-0.2, -0.15) is 0 Å². The number of ether oxygens (including phenoxy) is 2. The van der Waals surface area contributed by atoms with Gasteiger partial charge in [-0.3, -0.25) is 10.1 Å². The largest absolute Gasteiger partial charge is 0.497 e. The number of urea groups is 1. The highest BCUT2D eigenvalue weighted by Crippen LogP contribution is 2.54. The summed E-state index contributed by atoms with van der Waals surface area (Å²) in [4.78, 5) is 25.3. The number of imide groups is 1. The molecule has 3 amide bonds. The minimum absolute atomic E-state index is 0.0864. The van der Waals surface area contributed by atoms with Crippen LogP contribution in [0.25, 0.3) is 0 Å². The first-order valence-corrected chi connectivity index (χ1v) is 13.6. The van der Waals surface area contributed by atoms with Crippen molar-refractivity contribution < 1.29 is 27.5 Å². The lowest BCUT2D eigenvalue weighted by Crippen LogP contribution is -2.54. The van der Waals surface area contributed by atoms with E-state index in [-0.39, 0.29) is 33.9 Å². The van der Waals surface area contributed by atoms with Crippen molar-refractivity contribution in [2.75, 3.05) is 27.2 Å². The van der Waals surface area contributed by atoms with Gasteiger partial charge in [-0.15, -0.1) is 0 Å². The Morgan fingerprint density at radius 2 is 1.67 bits per heavy atom. The van der Waals surface area contributed by atoms with Crippen molar-refractivity contribution >= 4 is 33.4 Å². The molecular weight excluding hydrogens is 506 g/mol. The van der Waals surface area contributed by atoms with Crippen LogP contribution in [0.3, 0.4) is 0 Å². The normalized spacial score (nSPS) is 21.1. The van der Waals surface area contributed by atoms with Gasteiger partial charge < -0.3 is 20.1 Å². The molecule has 2 aromatic rings. The minimum atomic E-state index is -4.22. The molecule has 1 unspecified atom stereocenters. The predicted molar refractivity (Wildman–Crippen MR) is 135 cm³/mol. The van der Waals surface area contributed by atoms with E-state index >= 15 is 0 Å². The summed E-state index contributed by atoms with van der Waals surface area (Å²) in [7, 11) is -1.29. The molecule has 2 aromatic carbocycles. The molecule has 2 aliphatic rings. The Morgan fingerprint density at radius 3 is 2.28 bits per heavy atom. The van der Waals surface area contributed by atoms with Gasteiger partial charge in [-0.25, -0.2) is 13.2 Å². The average molecular weight is 536 g/mol. The number of piperidine rings is 1. The molecule has 1 aliphatic heterocycles. The van der Waals surface area contributed by atoms with Crippen LogP contribution < -0.4 is 25.4 Å². The minimum Gasteiger partial charge on any atom is -0.497 e. The lowest BCUT2D eigenvalue weighted by Gasteiger charge is -2.36. The molecule has 0 aromatic heterocycles. The SMILES string of the molecule is CNC(=O)NC(=O)C1(S(=O)(=O)c2ccc(Oc3ccc(OC)cc3)c(Cl)c2)CCC2(CCNCC2)C1. The third-order valence-electron chi connectivity index (χ3n) is 7.27. The Morgan fingerprint density at radius 1 is 1.00 bits per heavy atom. The van der Waals surface area contributed by atoms with Crippen LogP contribution in [0.2, 0.25) is 5.02 Å². The fourth-order valence-corrected chi connectivity index (χ4v) is 7.60. The zero-order chi connectivity index (χ0) is 26.0. The highest BCUT2D eigenvalue weighted by Gasteiger charge is 2.60. The van der Waals surface area contributed by atoms with E-state index in [1.807, 2.05) is 0 Å². The summed E-state index contributed by atoms with van der Waals surface area (Å²) < 4.78 is 37.3. The quantitative estimate of drug-likeness (QED) is 0.516. The maximum absolute atomic E-state index is 14.1. The van der Waals surface area contributed by atoms with E-state index in [2.05, 4.69) is 16.0 Å². The molecule has 0 bridgehead atoms. The van der Waals surface area contributed by atoms with Crippen molar-refractivity contribution in [1.82, 2.24) is 16.0 Å². The molecule has 1 saturated heterocycles. The van der Waals surface area contributed by atoms with Crippen LogP contribution in [-0.4, -0.2) is 52.4 Å². The molecule has 1 aliphatic carbocycles. The van der Waals surface area contributed by atoms with E-state index in [0.717, 1.165) is 25.9 Å². The van der Waals surface area contributed by atoms with Crippen LogP contribution >= 0.6 is 11.6 Å². The summed E-state index contributed by atoms with van der Waals surface area (Å²) in [6.07, 6.45) is 2.40. The molecule has 2 fully saturated rings. The molecule has 3 N–H and O–H groups in total. The lowest BCUT2D eigenvalue weighted by atomic mass is 9.77. The van der Waals surface area contributed by atoms with Crippen molar-refractivity contribution in [1.29, 1.82) is 0 Å². The summed E-state index contributed by atoms with van der Waals surface area (Å²) in [6.45, 7) is 1.52. The summed E-state index contributed by atoms with van der Waals surface area (Å²) in [5.41, 5.74) is -0.278. The maximum atomic E-state index is 14.1. The second-order valence-electron chi connectivity index (χ2n) is 9.33. The van der Waals surface area contributed by atoms with E-state index in [9.17, 15) is 18.0 Å². The number of methoxy groups -OCH3 is 1. The first-order chi connectivity index (χ1) is 17.1. The molecule has 1 saturated carbocycles. The van der Waals surface area contributed by atoms with Crippen molar-refractivity contribution in [3.05, 3.63) is 47.5 Å². The number of sulfone groups is 1. The predicted octanol–water partition coefficient (Wildman–Crippen LogP) is 3.66. The molecule has 1 heterocycles. The summed E-state index contributed by atoms with van der Waals surface area (Å²) in [5, 5.41) is 7.93. The number of halogens is 1. The summed E-state index contributed by atoms with van der Waals surface area (Å²) in [5.74, 6) is 0.620. The number of rotatable bonds is 6. The van der Waals surface area contributed by atoms with E-state index in [1.54, 1.807) is 31.4 Å². The van der Waals surface area contributed by atoms with Gasteiger partial charge >= 0.3 is 6.03 Å². The van der Waals surface area contributed by atoms with Gasteiger partial charge in [0, 0.05) is 7.05 Å². The van der Waals surface area contributed by atoms with Crippen LogP contribution in [-0.2, 0) is 14.6 Å². The third-order valence-corrected chi connectivity index (χ3v) is 10.00. The summed E-state index contributed by atoms with van der Waals surface area (Å²) >= 11 is 6.44. The monoisotopic (exact) mass is 535 g/mol. The second-order valence-corrected chi connectivity index (χ2v) is 12.0. The number of benzene rings is 2. The molecule has 1 spiro atoms. The number of nitrogens with one attached hydrogen (secondary N) is 3. The molecular formula is C25H30ClN3O6S. The van der Waals surface area contributed by atoms with Gasteiger partial charge in [0.1, 0.15) is 17.2 Å². The van der Waals surface area contributed by atoms with Crippen molar-refractivity contribution in [2.24, 2.45) is 5.41 Å². The zero-order valence-corrected chi connectivity index (χ0v) is 21.8. The highest BCUT2D eigenvalue weighted by molar-refractivity contribution is 7.93. The fourth-order valence-electron chi connectivity index (χ4n) is 5.19. The Hall–Kier alpha value is -2.82. The Bertz CT molecular complexity index is 1240. The summed E-state index contributed by atoms with van der Waals surface area (Å²) in [6, 6.07) is 10.3. The Kier molecular flexibility index (Phi) is 7.49. The average Bonchev–Trinajstić information content (AvgIpc) is 3.26. The molecule has 4 rings (SSSR count). The number of hydrogen-bond donors (Lipinski definition) is 3. The Labute approximate surface area is 215 Å². The Balaban J connectivity index is 1.67. The van der Waals surface area contributed by atoms with Gasteiger partial charge in [0.25, 0.3) is 0 Å². The second kappa shape index (κ2) is 10.3. The molecule has 9 nitrogen and oxygen atoms in total. The standard InChI is InChI=1S/C25H30ClN3O6S/c1-27-23(31)29-22(30)25(10-9-24(16-25)11-13-28-14-12-24)36(32,33)19-7-8-21(20(26)15-19)35-18-5-3-17(34-2)4-6-18/h3-8,15,28H,9-14,16H2,1-2H3,(H2,27,29,30,31). The number of carbonyl (C=O) groups is 2. The number of hydrogen-bond acceptors (Lipinski definition) is 7. The zero-order valence-electron chi connectivity index (χ0n) is 20.2. The molecule has 194 valence electrons. The van der Waals surface area contributed by atoms with Crippen LogP contribution in [0.15, 0.2) is 47.4 Å². The molecule has 11 heteroatoms. The van der Waals surface area contributed by atoms with E-state index in [4.69, 9.17) is 21.1 Å². The van der Waals surface area contributed by atoms with Crippen LogP contribution in [0, 0.1) is 5.41 Å².